The second-order valence-electron chi connectivity index (χ2n) is 5.94. The molecule has 1 saturated carbocycles. The van der Waals surface area contributed by atoms with Crippen molar-refractivity contribution in [3.8, 4) is 0 Å². The third kappa shape index (κ3) is 4.00. The normalized spacial score (nSPS) is 27.6. The molecule has 3 unspecified atom stereocenters. The van der Waals surface area contributed by atoms with Gasteiger partial charge in [0.25, 0.3) is 0 Å². The summed E-state index contributed by atoms with van der Waals surface area (Å²) in [6, 6.07) is 0. The molecule has 0 spiro atoms. The van der Waals surface area contributed by atoms with E-state index >= 15 is 0 Å². The predicted molar refractivity (Wildman–Crippen MR) is 75.7 cm³/mol. The van der Waals surface area contributed by atoms with E-state index in [0.717, 1.165) is 30.6 Å². The molecule has 0 saturated heterocycles. The van der Waals surface area contributed by atoms with Gasteiger partial charge in [0.05, 0.1) is 7.05 Å². The maximum Gasteiger partial charge on any atom is 0.175 e. The largest absolute Gasteiger partial charge is 0.319 e. The molecule has 1 aromatic heterocycles. The van der Waals surface area contributed by atoms with Crippen LogP contribution in [-0.4, -0.2) is 33.8 Å². The molecule has 3 atom stereocenters. The summed E-state index contributed by atoms with van der Waals surface area (Å²) in [5.41, 5.74) is 0. The lowest BCUT2D eigenvalue weighted by atomic mass is 9.71. The number of hydrogen-bond donors (Lipinski definition) is 1. The maximum atomic E-state index is 4.34. The molecular formula is C14H27N5. The van der Waals surface area contributed by atoms with Gasteiger partial charge in [0, 0.05) is 6.42 Å². The molecule has 19 heavy (non-hydrogen) atoms. The molecule has 0 amide bonds. The Morgan fingerprint density at radius 2 is 2.16 bits per heavy atom. The smallest absolute Gasteiger partial charge is 0.175 e. The van der Waals surface area contributed by atoms with Crippen LogP contribution in [0.1, 0.15) is 44.9 Å². The minimum atomic E-state index is 0.710. The molecule has 1 aliphatic rings. The van der Waals surface area contributed by atoms with Crippen LogP contribution in [0.15, 0.2) is 0 Å². The van der Waals surface area contributed by atoms with Crippen LogP contribution in [0.25, 0.3) is 0 Å². The van der Waals surface area contributed by atoms with Gasteiger partial charge in [0.15, 0.2) is 5.82 Å². The van der Waals surface area contributed by atoms with E-state index in [1.807, 2.05) is 7.05 Å². The molecule has 0 aromatic carbocycles. The van der Waals surface area contributed by atoms with Gasteiger partial charge in [-0.1, -0.05) is 26.2 Å². The van der Waals surface area contributed by atoms with Gasteiger partial charge in [-0.15, -0.1) is 10.2 Å². The van der Waals surface area contributed by atoms with Crippen molar-refractivity contribution in [3.63, 3.8) is 0 Å². The Kier molecular flexibility index (Phi) is 5.31. The molecule has 5 nitrogen and oxygen atoms in total. The molecular weight excluding hydrogens is 238 g/mol. The Bertz CT molecular complexity index is 376. The topological polar surface area (TPSA) is 55.6 Å². The number of aryl methyl sites for hydroxylation is 1. The van der Waals surface area contributed by atoms with Crippen LogP contribution in [0, 0.1) is 17.8 Å². The zero-order valence-electron chi connectivity index (χ0n) is 12.5. The molecule has 0 bridgehead atoms. The average Bonchev–Trinajstić information content (AvgIpc) is 2.79. The number of nitrogens with zero attached hydrogens (tertiary/aromatic N) is 4. The first-order valence-corrected chi connectivity index (χ1v) is 7.60. The van der Waals surface area contributed by atoms with Crippen molar-refractivity contribution in [2.45, 2.75) is 45.4 Å². The second kappa shape index (κ2) is 6.98. The molecule has 108 valence electrons. The third-order valence-corrected chi connectivity index (χ3v) is 4.41. The van der Waals surface area contributed by atoms with Gasteiger partial charge in [-0.25, -0.2) is 0 Å². The van der Waals surface area contributed by atoms with Crippen LogP contribution in [0.3, 0.4) is 0 Å². The van der Waals surface area contributed by atoms with E-state index < -0.39 is 0 Å². The number of aromatic nitrogens is 4. The summed E-state index contributed by atoms with van der Waals surface area (Å²) in [5, 5.41) is 15.8. The second-order valence-corrected chi connectivity index (χ2v) is 5.94. The van der Waals surface area contributed by atoms with E-state index in [0.29, 0.717) is 5.92 Å². The highest BCUT2D eigenvalue weighted by molar-refractivity contribution is 4.89. The van der Waals surface area contributed by atoms with Gasteiger partial charge >= 0.3 is 0 Å². The summed E-state index contributed by atoms with van der Waals surface area (Å²) in [6.45, 7) is 3.41. The van der Waals surface area contributed by atoms with Crippen molar-refractivity contribution < 1.29 is 0 Å². The van der Waals surface area contributed by atoms with Crippen LogP contribution in [0.4, 0.5) is 0 Å². The Morgan fingerprint density at radius 3 is 2.79 bits per heavy atom. The van der Waals surface area contributed by atoms with Crippen molar-refractivity contribution in [2.75, 3.05) is 13.6 Å². The standard InChI is InChI=1S/C14H27N5/c1-4-5-11-6-7-12(10-15-2)13(8-11)9-14-16-18-19(3)17-14/h11-13,15H,4-10H2,1-3H3. The predicted octanol–water partition coefficient (Wildman–Crippen LogP) is 1.80. The Hall–Kier alpha value is -0.970. The van der Waals surface area contributed by atoms with Crippen LogP contribution in [0.2, 0.25) is 0 Å². The fraction of sp³-hybridized carbons (Fsp3) is 0.929. The minimum absolute atomic E-state index is 0.710. The Morgan fingerprint density at radius 1 is 1.32 bits per heavy atom. The van der Waals surface area contributed by atoms with Gasteiger partial charge in [0.1, 0.15) is 0 Å². The van der Waals surface area contributed by atoms with E-state index in [9.17, 15) is 0 Å². The first kappa shape index (κ1) is 14.4. The van der Waals surface area contributed by atoms with Crippen molar-refractivity contribution in [1.29, 1.82) is 0 Å². The number of nitrogens with one attached hydrogen (secondary N) is 1. The lowest BCUT2D eigenvalue weighted by Crippen LogP contribution is -2.33. The number of tetrazole rings is 1. The Balaban J connectivity index is 1.98. The zero-order chi connectivity index (χ0) is 13.7. The van der Waals surface area contributed by atoms with Gasteiger partial charge < -0.3 is 5.32 Å². The summed E-state index contributed by atoms with van der Waals surface area (Å²) in [4.78, 5) is 1.56. The van der Waals surface area contributed by atoms with Crippen LogP contribution < -0.4 is 5.32 Å². The van der Waals surface area contributed by atoms with Crippen molar-refractivity contribution in [1.82, 2.24) is 25.5 Å². The highest BCUT2D eigenvalue weighted by Gasteiger charge is 2.30. The lowest BCUT2D eigenvalue weighted by Gasteiger charge is -2.35. The third-order valence-electron chi connectivity index (χ3n) is 4.41. The molecule has 5 heteroatoms. The molecule has 1 fully saturated rings. The van der Waals surface area contributed by atoms with Gasteiger partial charge in [-0.3, -0.25) is 0 Å². The highest BCUT2D eigenvalue weighted by Crippen LogP contribution is 2.37. The van der Waals surface area contributed by atoms with E-state index in [1.54, 1.807) is 4.80 Å². The van der Waals surface area contributed by atoms with Crippen molar-refractivity contribution in [2.24, 2.45) is 24.8 Å². The quantitative estimate of drug-likeness (QED) is 0.852. The summed E-state index contributed by atoms with van der Waals surface area (Å²) < 4.78 is 0. The molecule has 0 aliphatic heterocycles. The molecule has 1 aromatic rings. The molecule has 1 aliphatic carbocycles. The molecule has 1 heterocycles. The van der Waals surface area contributed by atoms with Gasteiger partial charge in [0.2, 0.25) is 0 Å². The number of rotatable bonds is 6. The Labute approximate surface area is 116 Å². The summed E-state index contributed by atoms with van der Waals surface area (Å²) >= 11 is 0. The lowest BCUT2D eigenvalue weighted by molar-refractivity contribution is 0.167. The van der Waals surface area contributed by atoms with Gasteiger partial charge in [-0.2, -0.15) is 4.80 Å². The molecule has 0 radical (unpaired) electrons. The fourth-order valence-corrected chi connectivity index (χ4v) is 3.51. The first-order chi connectivity index (χ1) is 9.22. The first-order valence-electron chi connectivity index (χ1n) is 7.60. The molecule has 2 rings (SSSR count). The molecule has 1 N–H and O–H groups in total. The van der Waals surface area contributed by atoms with E-state index in [4.69, 9.17) is 0 Å². The zero-order valence-corrected chi connectivity index (χ0v) is 12.5. The highest BCUT2D eigenvalue weighted by atomic mass is 15.6. The SMILES string of the molecule is CCCC1CCC(CNC)C(Cc2nnn(C)n2)C1. The van der Waals surface area contributed by atoms with E-state index in [2.05, 4.69) is 34.7 Å². The van der Waals surface area contributed by atoms with Crippen molar-refractivity contribution >= 4 is 0 Å². The fourth-order valence-electron chi connectivity index (χ4n) is 3.51. The average molecular weight is 265 g/mol. The summed E-state index contributed by atoms with van der Waals surface area (Å²) in [5.74, 6) is 3.29. The van der Waals surface area contributed by atoms with E-state index in [1.165, 1.54) is 32.1 Å². The van der Waals surface area contributed by atoms with Crippen molar-refractivity contribution in [3.05, 3.63) is 5.82 Å². The summed E-state index contributed by atoms with van der Waals surface area (Å²) in [6.07, 6.45) is 7.73. The summed E-state index contributed by atoms with van der Waals surface area (Å²) in [7, 11) is 3.89. The van der Waals surface area contributed by atoms with Crippen LogP contribution in [0.5, 0.6) is 0 Å². The number of hydrogen-bond acceptors (Lipinski definition) is 4. The maximum absolute atomic E-state index is 4.34. The van der Waals surface area contributed by atoms with Gasteiger partial charge in [-0.05, 0) is 49.4 Å². The minimum Gasteiger partial charge on any atom is -0.319 e. The van der Waals surface area contributed by atoms with Crippen LogP contribution >= 0.6 is 0 Å². The monoisotopic (exact) mass is 265 g/mol. The van der Waals surface area contributed by atoms with Crippen LogP contribution in [-0.2, 0) is 13.5 Å². The van der Waals surface area contributed by atoms with E-state index in [-0.39, 0.29) is 0 Å².